The number of sulfonamides is 1. The fourth-order valence-electron chi connectivity index (χ4n) is 4.36. The maximum absolute atomic E-state index is 13.0. The van der Waals surface area contributed by atoms with Crippen LogP contribution in [-0.2, 0) is 23.0 Å². The van der Waals surface area contributed by atoms with Crippen LogP contribution in [0.15, 0.2) is 59.5 Å². The minimum atomic E-state index is -3.80. The molecule has 11 heteroatoms. The molecule has 0 aromatic heterocycles. The smallest absolute Gasteiger partial charge is 0.319 e. The van der Waals surface area contributed by atoms with E-state index in [9.17, 15) is 13.2 Å². The van der Waals surface area contributed by atoms with Crippen molar-refractivity contribution < 1.29 is 17.9 Å². The lowest BCUT2D eigenvalue weighted by Crippen LogP contribution is -2.31. The van der Waals surface area contributed by atoms with Gasteiger partial charge in [0, 0.05) is 24.5 Å². The number of nitrogens with one attached hydrogen (secondary N) is 3. The first-order chi connectivity index (χ1) is 18.1. The number of ether oxygens (including phenoxy) is 1. The van der Waals surface area contributed by atoms with Gasteiger partial charge in [0.05, 0.1) is 23.1 Å². The zero-order valence-corrected chi connectivity index (χ0v) is 23.7. The summed E-state index contributed by atoms with van der Waals surface area (Å²) in [5.41, 5.74) is 3.97. The second kappa shape index (κ2) is 11.8. The number of hydrogen-bond acceptors (Lipinski definition) is 5. The second-order valence-corrected chi connectivity index (χ2v) is 11.5. The third-order valence-corrected chi connectivity index (χ3v) is 8.81. The first kappa shape index (κ1) is 28.0. The van der Waals surface area contributed by atoms with Crippen molar-refractivity contribution in [2.24, 2.45) is 0 Å². The summed E-state index contributed by atoms with van der Waals surface area (Å²) in [6.07, 6.45) is 0.886. The average Bonchev–Trinajstić information content (AvgIpc) is 2.89. The molecule has 3 N–H and O–H groups in total. The molecule has 3 aromatic carbocycles. The standard InChI is InChI=1S/C27H30Cl2N4O4S/c1-4-33-14-13-18-15-21(6-5-19(18)16-33)32-38(35,36)22-9-7-20(8-10-22)31-27(34)30-17(2)23-11-12-24(37-3)26(29)25(23)28/h5-12,15,17,32H,4,13-14,16H2,1-3H3,(H2,30,31,34). The van der Waals surface area contributed by atoms with Gasteiger partial charge in [-0.3, -0.25) is 9.62 Å². The normalized spacial score (nSPS) is 14.3. The molecule has 1 unspecified atom stereocenters. The Morgan fingerprint density at radius 1 is 1.03 bits per heavy atom. The Morgan fingerprint density at radius 2 is 1.74 bits per heavy atom. The topological polar surface area (TPSA) is 99.8 Å². The fourth-order valence-corrected chi connectivity index (χ4v) is 5.98. The van der Waals surface area contributed by atoms with Crippen LogP contribution in [0.5, 0.6) is 5.75 Å². The highest BCUT2D eigenvalue weighted by Gasteiger charge is 2.20. The second-order valence-electron chi connectivity index (χ2n) is 9.04. The van der Waals surface area contributed by atoms with Crippen LogP contribution < -0.4 is 20.1 Å². The number of nitrogens with zero attached hydrogens (tertiary/aromatic N) is 1. The van der Waals surface area contributed by atoms with E-state index in [1.165, 1.54) is 36.9 Å². The monoisotopic (exact) mass is 576 g/mol. The molecule has 1 heterocycles. The molecule has 4 rings (SSSR count). The summed E-state index contributed by atoms with van der Waals surface area (Å²) in [7, 11) is -2.30. The number of likely N-dealkylation sites (N-methyl/N-ethyl adjacent to an activating group) is 1. The van der Waals surface area contributed by atoms with Crippen LogP contribution in [0, 0.1) is 0 Å². The average molecular weight is 578 g/mol. The lowest BCUT2D eigenvalue weighted by atomic mass is 9.99. The highest BCUT2D eigenvalue weighted by molar-refractivity contribution is 7.92. The van der Waals surface area contributed by atoms with Gasteiger partial charge >= 0.3 is 6.03 Å². The zero-order valence-electron chi connectivity index (χ0n) is 21.3. The van der Waals surface area contributed by atoms with E-state index in [1.807, 2.05) is 12.1 Å². The number of halogens is 2. The predicted molar refractivity (Wildman–Crippen MR) is 152 cm³/mol. The van der Waals surface area contributed by atoms with E-state index in [1.54, 1.807) is 25.1 Å². The summed E-state index contributed by atoms with van der Waals surface area (Å²) in [5, 5.41) is 6.05. The predicted octanol–water partition coefficient (Wildman–Crippen LogP) is 6.06. The van der Waals surface area contributed by atoms with Crippen LogP contribution in [0.3, 0.4) is 0 Å². The minimum absolute atomic E-state index is 0.0892. The van der Waals surface area contributed by atoms with Gasteiger partial charge in [0.15, 0.2) is 0 Å². The molecule has 202 valence electrons. The number of rotatable bonds is 8. The molecule has 1 atom stereocenters. The van der Waals surface area contributed by atoms with Gasteiger partial charge in [-0.05, 0) is 79.0 Å². The van der Waals surface area contributed by atoms with Gasteiger partial charge in [-0.15, -0.1) is 0 Å². The fraction of sp³-hybridized carbons (Fsp3) is 0.296. The number of carbonyl (C=O) groups excluding carboxylic acids is 1. The van der Waals surface area contributed by atoms with Gasteiger partial charge in [0.2, 0.25) is 0 Å². The number of anilines is 2. The Labute approximate surface area is 233 Å². The molecule has 38 heavy (non-hydrogen) atoms. The first-order valence-electron chi connectivity index (χ1n) is 12.2. The van der Waals surface area contributed by atoms with E-state index in [2.05, 4.69) is 27.2 Å². The lowest BCUT2D eigenvalue weighted by molar-refractivity contribution is 0.249. The Kier molecular flexibility index (Phi) is 8.72. The quantitative estimate of drug-likeness (QED) is 0.302. The molecule has 0 saturated heterocycles. The van der Waals surface area contributed by atoms with E-state index >= 15 is 0 Å². The van der Waals surface area contributed by atoms with Crippen LogP contribution in [0.4, 0.5) is 16.2 Å². The minimum Gasteiger partial charge on any atom is -0.495 e. The Hall–Kier alpha value is -2.98. The van der Waals surface area contributed by atoms with Gasteiger partial charge in [-0.25, -0.2) is 13.2 Å². The molecular formula is C27H30Cl2N4O4S. The summed E-state index contributed by atoms with van der Waals surface area (Å²) in [5.74, 6) is 0.441. The van der Waals surface area contributed by atoms with Gasteiger partial charge in [0.25, 0.3) is 10.0 Å². The molecule has 1 aliphatic rings. The molecule has 0 bridgehead atoms. The molecule has 0 spiro atoms. The van der Waals surface area contributed by atoms with Crippen LogP contribution >= 0.6 is 23.2 Å². The van der Waals surface area contributed by atoms with Crippen molar-refractivity contribution in [3.05, 3.63) is 81.3 Å². The summed E-state index contributed by atoms with van der Waals surface area (Å²) in [4.78, 5) is 15.0. The highest BCUT2D eigenvalue weighted by atomic mass is 35.5. The Balaban J connectivity index is 1.38. The third kappa shape index (κ3) is 6.35. The van der Waals surface area contributed by atoms with Crippen molar-refractivity contribution in [3.63, 3.8) is 0 Å². The van der Waals surface area contributed by atoms with Crippen LogP contribution in [-0.4, -0.2) is 39.5 Å². The maximum Gasteiger partial charge on any atom is 0.319 e. The summed E-state index contributed by atoms with van der Waals surface area (Å²) in [6, 6.07) is 14.1. The molecule has 3 aromatic rings. The van der Waals surface area contributed by atoms with Crippen LogP contribution in [0.1, 0.15) is 36.6 Å². The van der Waals surface area contributed by atoms with E-state index in [4.69, 9.17) is 27.9 Å². The molecular weight excluding hydrogens is 547 g/mol. The maximum atomic E-state index is 13.0. The van der Waals surface area contributed by atoms with Crippen molar-refractivity contribution >= 4 is 50.6 Å². The van der Waals surface area contributed by atoms with Crippen LogP contribution in [0.2, 0.25) is 10.0 Å². The largest absolute Gasteiger partial charge is 0.495 e. The molecule has 2 amide bonds. The molecule has 0 saturated carbocycles. The number of methoxy groups -OCH3 is 1. The van der Waals surface area contributed by atoms with Gasteiger partial charge in [0.1, 0.15) is 10.8 Å². The summed E-state index contributed by atoms with van der Waals surface area (Å²) in [6.45, 7) is 6.73. The van der Waals surface area contributed by atoms with Crippen LogP contribution in [0.25, 0.3) is 0 Å². The summed E-state index contributed by atoms with van der Waals surface area (Å²) >= 11 is 12.5. The van der Waals surface area contributed by atoms with E-state index in [0.717, 1.165) is 31.6 Å². The molecule has 8 nitrogen and oxygen atoms in total. The number of fused-ring (bicyclic) bond motifs is 1. The van der Waals surface area contributed by atoms with Crippen molar-refractivity contribution in [2.45, 2.75) is 37.8 Å². The molecule has 0 radical (unpaired) electrons. The zero-order chi connectivity index (χ0) is 27.4. The number of carbonyl (C=O) groups is 1. The number of urea groups is 1. The number of benzene rings is 3. The van der Waals surface area contributed by atoms with Crippen molar-refractivity contribution in [3.8, 4) is 5.75 Å². The van der Waals surface area contributed by atoms with Gasteiger partial charge < -0.3 is 15.4 Å². The molecule has 0 fully saturated rings. The number of hydrogen-bond donors (Lipinski definition) is 3. The van der Waals surface area contributed by atoms with Gasteiger partial charge in [-0.2, -0.15) is 0 Å². The SMILES string of the molecule is CCN1CCc2cc(NS(=O)(=O)c3ccc(NC(=O)NC(C)c4ccc(OC)c(Cl)c4Cl)cc3)ccc2C1. The Bertz CT molecular complexity index is 1430. The molecule has 1 aliphatic heterocycles. The van der Waals surface area contributed by atoms with E-state index in [-0.39, 0.29) is 9.92 Å². The highest BCUT2D eigenvalue weighted by Crippen LogP contribution is 2.37. The van der Waals surface area contributed by atoms with Crippen molar-refractivity contribution in [1.82, 2.24) is 10.2 Å². The third-order valence-electron chi connectivity index (χ3n) is 6.53. The molecule has 0 aliphatic carbocycles. The van der Waals surface area contributed by atoms with E-state index < -0.39 is 22.1 Å². The van der Waals surface area contributed by atoms with Crippen molar-refractivity contribution in [2.75, 3.05) is 30.2 Å². The summed E-state index contributed by atoms with van der Waals surface area (Å²) < 4.78 is 33.7. The Morgan fingerprint density at radius 3 is 2.42 bits per heavy atom. The number of amides is 2. The van der Waals surface area contributed by atoms with Gasteiger partial charge in [-0.1, -0.05) is 42.3 Å². The first-order valence-corrected chi connectivity index (χ1v) is 14.4. The lowest BCUT2D eigenvalue weighted by Gasteiger charge is -2.27. The van der Waals surface area contributed by atoms with E-state index in [0.29, 0.717) is 27.7 Å². The van der Waals surface area contributed by atoms with Crippen molar-refractivity contribution in [1.29, 1.82) is 0 Å².